The summed E-state index contributed by atoms with van der Waals surface area (Å²) in [5.74, 6) is 1.64. The van der Waals surface area contributed by atoms with Crippen molar-refractivity contribution in [2.24, 2.45) is 11.8 Å². The van der Waals surface area contributed by atoms with Gasteiger partial charge in [0.25, 0.3) is 0 Å². The van der Waals surface area contributed by atoms with Crippen LogP contribution in [0.1, 0.15) is 39.2 Å². The van der Waals surface area contributed by atoms with Gasteiger partial charge >= 0.3 is 0 Å². The molecule has 0 aliphatic rings. The number of hydrogen-bond donors (Lipinski definition) is 0. The molecular formula is C18H24. The highest BCUT2D eigenvalue weighted by molar-refractivity contribution is 5.85. The predicted molar refractivity (Wildman–Crippen MR) is 80.9 cm³/mol. The molecule has 1 atom stereocenters. The van der Waals surface area contributed by atoms with Gasteiger partial charge in [-0.3, -0.25) is 0 Å². The number of hydrogen-bond acceptors (Lipinski definition) is 0. The summed E-state index contributed by atoms with van der Waals surface area (Å²) in [6.07, 6.45) is 3.84. The molecule has 0 spiro atoms. The molecule has 0 heterocycles. The van der Waals surface area contributed by atoms with Gasteiger partial charge in [-0.25, -0.2) is 0 Å². The molecule has 0 N–H and O–H groups in total. The van der Waals surface area contributed by atoms with Gasteiger partial charge in [0, 0.05) is 0 Å². The van der Waals surface area contributed by atoms with Gasteiger partial charge in [0.2, 0.25) is 0 Å². The molecule has 0 heteroatoms. The van der Waals surface area contributed by atoms with Crippen LogP contribution in [-0.4, -0.2) is 0 Å². The molecule has 0 saturated carbocycles. The van der Waals surface area contributed by atoms with Crippen LogP contribution in [0.4, 0.5) is 0 Å². The normalized spacial score (nSPS) is 13.1. The number of rotatable bonds is 5. The molecule has 0 aliphatic heterocycles. The second-order valence-corrected chi connectivity index (χ2v) is 5.75. The molecule has 96 valence electrons. The van der Waals surface area contributed by atoms with Crippen LogP contribution < -0.4 is 0 Å². The molecule has 0 amide bonds. The first-order valence-corrected chi connectivity index (χ1v) is 7.15. The third-order valence-electron chi connectivity index (χ3n) is 4.12. The van der Waals surface area contributed by atoms with E-state index in [9.17, 15) is 0 Å². The third kappa shape index (κ3) is 3.13. The van der Waals surface area contributed by atoms with E-state index in [0.29, 0.717) is 0 Å². The molecule has 0 aromatic heterocycles. The number of benzene rings is 2. The zero-order valence-corrected chi connectivity index (χ0v) is 11.8. The number of fused-ring (bicyclic) bond motifs is 1. The summed E-state index contributed by atoms with van der Waals surface area (Å²) in [4.78, 5) is 0. The summed E-state index contributed by atoms with van der Waals surface area (Å²) in [5.41, 5.74) is 1.50. The fourth-order valence-corrected chi connectivity index (χ4v) is 2.46. The summed E-state index contributed by atoms with van der Waals surface area (Å²) < 4.78 is 0. The van der Waals surface area contributed by atoms with Gasteiger partial charge in [0.15, 0.2) is 0 Å². The summed E-state index contributed by atoms with van der Waals surface area (Å²) in [6, 6.07) is 15.4. The van der Waals surface area contributed by atoms with E-state index in [1.807, 2.05) is 0 Å². The van der Waals surface area contributed by atoms with E-state index in [2.05, 4.69) is 63.2 Å². The number of aryl methyl sites for hydroxylation is 1. The van der Waals surface area contributed by atoms with E-state index >= 15 is 0 Å². The minimum atomic E-state index is 0.803. The van der Waals surface area contributed by atoms with Gasteiger partial charge in [-0.15, -0.1) is 0 Å². The van der Waals surface area contributed by atoms with Crippen molar-refractivity contribution in [3.8, 4) is 0 Å². The van der Waals surface area contributed by atoms with Gasteiger partial charge in [-0.2, -0.15) is 0 Å². The van der Waals surface area contributed by atoms with E-state index in [1.165, 1.54) is 35.6 Å². The first-order valence-electron chi connectivity index (χ1n) is 7.15. The van der Waals surface area contributed by atoms with Crippen molar-refractivity contribution in [3.63, 3.8) is 0 Å². The Bertz CT molecular complexity index is 491. The fraction of sp³-hybridized carbons (Fsp3) is 0.444. The van der Waals surface area contributed by atoms with Crippen LogP contribution in [0, 0.1) is 11.8 Å². The van der Waals surface area contributed by atoms with Crippen LogP contribution in [0.2, 0.25) is 0 Å². The van der Waals surface area contributed by atoms with Gasteiger partial charge < -0.3 is 0 Å². The Balaban J connectivity index is 2.04. The summed E-state index contributed by atoms with van der Waals surface area (Å²) >= 11 is 0. The summed E-state index contributed by atoms with van der Waals surface area (Å²) in [6.45, 7) is 7.01. The molecule has 0 nitrogen and oxygen atoms in total. The monoisotopic (exact) mass is 240 g/mol. The first kappa shape index (κ1) is 13.1. The highest BCUT2D eigenvalue weighted by atomic mass is 14.1. The standard InChI is InChI=1S/C18H24/c1-14(2)15(3)8-6-10-17-12-7-11-16-9-4-5-13-18(16)17/h4-5,7,9,11-15H,6,8,10H2,1-3H3. The lowest BCUT2D eigenvalue weighted by Gasteiger charge is -2.15. The van der Waals surface area contributed by atoms with E-state index in [0.717, 1.165) is 11.8 Å². The van der Waals surface area contributed by atoms with Gasteiger partial charge in [0.05, 0.1) is 0 Å². The molecule has 0 aliphatic carbocycles. The summed E-state index contributed by atoms with van der Waals surface area (Å²) in [7, 11) is 0. The average molecular weight is 240 g/mol. The molecule has 0 saturated heterocycles. The largest absolute Gasteiger partial charge is 0.0625 e. The molecule has 1 unspecified atom stereocenters. The van der Waals surface area contributed by atoms with Crippen LogP contribution in [0.15, 0.2) is 42.5 Å². The Morgan fingerprint density at radius 2 is 1.61 bits per heavy atom. The Morgan fingerprint density at radius 1 is 0.889 bits per heavy atom. The quantitative estimate of drug-likeness (QED) is 0.651. The van der Waals surface area contributed by atoms with Crippen LogP contribution in [0.3, 0.4) is 0 Å². The SMILES string of the molecule is CC(C)C(C)CCCc1cccc2ccccc12. The molecule has 0 radical (unpaired) electrons. The van der Waals surface area contributed by atoms with Gasteiger partial charge in [-0.1, -0.05) is 69.7 Å². The lowest BCUT2D eigenvalue weighted by molar-refractivity contribution is 0.383. The van der Waals surface area contributed by atoms with Crippen molar-refractivity contribution < 1.29 is 0 Å². The predicted octanol–water partition coefficient (Wildman–Crippen LogP) is 5.45. The van der Waals surface area contributed by atoms with Gasteiger partial charge in [-0.05, 0) is 41.0 Å². The fourth-order valence-electron chi connectivity index (χ4n) is 2.46. The minimum Gasteiger partial charge on any atom is -0.0625 e. The van der Waals surface area contributed by atoms with Crippen molar-refractivity contribution in [2.75, 3.05) is 0 Å². The first-order chi connectivity index (χ1) is 8.68. The molecule has 0 bridgehead atoms. The third-order valence-corrected chi connectivity index (χ3v) is 4.12. The van der Waals surface area contributed by atoms with Crippen LogP contribution in [0.25, 0.3) is 10.8 Å². The van der Waals surface area contributed by atoms with E-state index in [1.54, 1.807) is 0 Å². The van der Waals surface area contributed by atoms with Gasteiger partial charge in [0.1, 0.15) is 0 Å². The van der Waals surface area contributed by atoms with Crippen molar-refractivity contribution in [2.45, 2.75) is 40.0 Å². The zero-order chi connectivity index (χ0) is 13.0. The summed E-state index contributed by atoms with van der Waals surface area (Å²) in [5, 5.41) is 2.80. The van der Waals surface area contributed by atoms with Crippen molar-refractivity contribution >= 4 is 10.8 Å². The van der Waals surface area contributed by atoms with Crippen LogP contribution >= 0.6 is 0 Å². The Labute approximate surface area is 111 Å². The minimum absolute atomic E-state index is 0.803. The van der Waals surface area contributed by atoms with Crippen molar-refractivity contribution in [1.82, 2.24) is 0 Å². The van der Waals surface area contributed by atoms with Crippen LogP contribution in [0.5, 0.6) is 0 Å². The molecular weight excluding hydrogens is 216 g/mol. The Kier molecular flexibility index (Phi) is 4.41. The average Bonchev–Trinajstić information content (AvgIpc) is 2.38. The maximum Gasteiger partial charge on any atom is -0.0152 e. The van der Waals surface area contributed by atoms with Crippen molar-refractivity contribution in [1.29, 1.82) is 0 Å². The molecule has 2 aromatic rings. The molecule has 2 aromatic carbocycles. The Morgan fingerprint density at radius 3 is 2.39 bits per heavy atom. The van der Waals surface area contributed by atoms with E-state index in [-0.39, 0.29) is 0 Å². The second kappa shape index (κ2) is 6.04. The lowest BCUT2D eigenvalue weighted by Crippen LogP contribution is -2.04. The highest BCUT2D eigenvalue weighted by Gasteiger charge is 2.07. The van der Waals surface area contributed by atoms with Crippen LogP contribution in [-0.2, 0) is 6.42 Å². The maximum absolute atomic E-state index is 2.37. The topological polar surface area (TPSA) is 0 Å². The second-order valence-electron chi connectivity index (χ2n) is 5.75. The zero-order valence-electron chi connectivity index (χ0n) is 11.8. The lowest BCUT2D eigenvalue weighted by atomic mass is 9.91. The maximum atomic E-state index is 2.37. The molecule has 0 fully saturated rings. The molecule has 2 rings (SSSR count). The smallest absolute Gasteiger partial charge is 0.0152 e. The molecule has 18 heavy (non-hydrogen) atoms. The van der Waals surface area contributed by atoms with E-state index < -0.39 is 0 Å². The Hall–Kier alpha value is -1.30. The van der Waals surface area contributed by atoms with Crippen molar-refractivity contribution in [3.05, 3.63) is 48.0 Å². The van der Waals surface area contributed by atoms with E-state index in [4.69, 9.17) is 0 Å². The highest BCUT2D eigenvalue weighted by Crippen LogP contribution is 2.22.